The zero-order valence-electron chi connectivity index (χ0n) is 87.1. The van der Waals surface area contributed by atoms with E-state index in [-0.39, 0.29) is 70.0 Å². The van der Waals surface area contributed by atoms with Gasteiger partial charge < -0.3 is 34.6 Å². The van der Waals surface area contributed by atoms with Gasteiger partial charge in [-0.25, -0.2) is 18.4 Å². The molecule has 0 spiro atoms. The van der Waals surface area contributed by atoms with Gasteiger partial charge in [-0.3, -0.25) is 19.2 Å². The fourth-order valence-corrected chi connectivity index (χ4v) is 37.6. The zero-order chi connectivity index (χ0) is 98.5. The van der Waals surface area contributed by atoms with Gasteiger partial charge in [0.25, 0.3) is 0 Å². The van der Waals surface area contributed by atoms with Crippen LogP contribution in [0.3, 0.4) is 0 Å². The third-order valence-electron chi connectivity index (χ3n) is 45.4. The van der Waals surface area contributed by atoms with Crippen LogP contribution in [0.25, 0.3) is 44.1 Å². The third kappa shape index (κ3) is 16.8. The predicted molar refractivity (Wildman–Crippen MR) is 538 cm³/mol. The maximum absolute atomic E-state index is 14.2. The number of ketones is 4. The Kier molecular flexibility index (Phi) is 25.2. The Labute approximate surface area is 828 Å². The molecule has 140 heavy (non-hydrogen) atoms. The van der Waals surface area contributed by atoms with Gasteiger partial charge in [0.05, 0.1) is 60.3 Å². The van der Waals surface area contributed by atoms with Gasteiger partial charge in [-0.2, -0.15) is 15.0 Å². The first-order chi connectivity index (χ1) is 66.4. The number of aromatic nitrogens is 12. The molecular formula is C116H163FN12O11. The lowest BCUT2D eigenvalue weighted by Crippen LogP contribution is -2.55. The van der Waals surface area contributed by atoms with Crippen molar-refractivity contribution in [2.24, 2.45) is 162 Å². The molecule has 24 heteroatoms. The molecule has 0 amide bonds. The molecule has 4 heterocycles. The highest BCUT2D eigenvalue weighted by molar-refractivity contribution is 5.87. The monoisotopic (exact) mass is 1920 g/mol. The SMILES string of the molecule is COc1ccc2c(c1)nnn2CC(=O)[C@H]1CC[C@H]2[C@@H]3CC[C@H]4C[C@](C)(O)CC[C@]4(C)[C@H]3CC[C@]12C.COc1ccc2nn(CC(=O)[C@H]3CC[C@H]4[C@@H]5CC[C@H]6C[C@](C)(O)CC[C@]6(C)[C@H]5CC[C@]34C)nc2c1.COc1ccc2nnn(CC(=O)[C@H]3CC[C@H]4[C@@H]5CC[C@H]6C[C@](C)(O)CC[C@]6(C)[C@H]5CC[C@]34C)c2c1.Cc1cc2nnn(CC(=O)[C@H]3CC[C@H]4[C@@H]5CC[C@H]6C[C@](C)(O)CC[C@]6(C)[C@H]5CC[C@]34C)c2cc1F. The van der Waals surface area contributed by atoms with Crippen molar-refractivity contribution in [2.45, 2.75) is 370 Å². The van der Waals surface area contributed by atoms with Crippen LogP contribution in [0.15, 0.2) is 66.7 Å². The summed E-state index contributed by atoms with van der Waals surface area (Å²) in [6.07, 6.45) is 40.3. The van der Waals surface area contributed by atoms with Crippen LogP contribution in [0, 0.1) is 174 Å². The maximum atomic E-state index is 14.2. The lowest BCUT2D eigenvalue weighted by Gasteiger charge is -2.61. The summed E-state index contributed by atoms with van der Waals surface area (Å²) in [5.41, 5.74) is 6.44. The van der Waals surface area contributed by atoms with Crippen molar-refractivity contribution in [2.75, 3.05) is 21.3 Å². The third-order valence-corrected chi connectivity index (χ3v) is 45.4. The Morgan fingerprint density at radius 3 is 0.971 bits per heavy atom. The van der Waals surface area contributed by atoms with E-state index in [1.165, 1.54) is 102 Å². The number of rotatable bonds is 15. The van der Waals surface area contributed by atoms with Gasteiger partial charge in [0.15, 0.2) is 23.1 Å². The fraction of sp³-hybridized carbons (Fsp3) is 0.759. The van der Waals surface area contributed by atoms with Gasteiger partial charge in [-0.1, -0.05) is 71.0 Å². The molecule has 760 valence electrons. The lowest BCUT2D eigenvalue weighted by atomic mass is 9.44. The average Bonchev–Trinajstić information content (AvgIpc) is 1.70. The van der Waals surface area contributed by atoms with E-state index in [2.05, 4.69) is 96.5 Å². The molecule has 23 nitrogen and oxygen atoms in total. The van der Waals surface area contributed by atoms with Crippen LogP contribution in [0.1, 0.15) is 320 Å². The number of carbonyl (C=O) groups excluding carboxylic acids is 4. The van der Waals surface area contributed by atoms with Crippen LogP contribution >= 0.6 is 0 Å². The normalized spacial score (nSPS) is 42.9. The number of aryl methyl sites for hydroxylation is 1. The quantitative estimate of drug-likeness (QED) is 0.0741. The van der Waals surface area contributed by atoms with E-state index in [1.54, 1.807) is 53.2 Å². The lowest BCUT2D eigenvalue weighted by molar-refractivity contribution is -0.151. The van der Waals surface area contributed by atoms with Crippen molar-refractivity contribution in [3.05, 3.63) is 78.1 Å². The number of methoxy groups -OCH3 is 3. The Bertz CT molecular complexity index is 6020. The number of hydrogen-bond acceptors (Lipinski definition) is 19. The van der Waals surface area contributed by atoms with Gasteiger partial charge in [0.1, 0.15) is 76.8 Å². The minimum Gasteiger partial charge on any atom is -0.497 e. The molecule has 4 aromatic heterocycles. The van der Waals surface area contributed by atoms with E-state index < -0.39 is 22.4 Å². The minimum absolute atomic E-state index is 0.0415. The molecule has 16 aliphatic rings. The van der Waals surface area contributed by atoms with E-state index in [9.17, 15) is 44.0 Å². The maximum Gasteiger partial charge on any atom is 0.159 e. The van der Waals surface area contributed by atoms with Crippen molar-refractivity contribution in [1.82, 2.24) is 60.0 Å². The van der Waals surface area contributed by atoms with Gasteiger partial charge >= 0.3 is 0 Å². The molecule has 8 aromatic rings. The Morgan fingerprint density at radius 2 is 0.607 bits per heavy atom. The van der Waals surface area contributed by atoms with Crippen LogP contribution in [0.2, 0.25) is 0 Å². The van der Waals surface area contributed by atoms with Crippen molar-refractivity contribution in [3.8, 4) is 17.2 Å². The summed E-state index contributed by atoms with van der Waals surface area (Å²) in [6, 6.07) is 20.3. The van der Waals surface area contributed by atoms with Gasteiger partial charge in [-0.05, 0) is 452 Å². The zero-order valence-corrected chi connectivity index (χ0v) is 87.1. The van der Waals surface area contributed by atoms with Gasteiger partial charge in [-0.15, -0.1) is 15.3 Å². The number of fused-ring (bicyclic) bond motifs is 24. The number of carbonyl (C=O) groups is 4. The fourth-order valence-electron chi connectivity index (χ4n) is 37.6. The number of nitrogens with zero attached hydrogens (tertiary/aromatic N) is 12. The van der Waals surface area contributed by atoms with Crippen LogP contribution in [0.4, 0.5) is 4.39 Å². The molecular weight excluding hydrogens is 1760 g/mol. The molecule has 24 rings (SSSR count). The Hall–Kier alpha value is -7.67. The first kappa shape index (κ1) is 98.4. The largest absolute Gasteiger partial charge is 0.497 e. The summed E-state index contributed by atoms with van der Waals surface area (Å²) in [7, 11) is 4.94. The van der Waals surface area contributed by atoms with Crippen molar-refractivity contribution >= 4 is 67.3 Å². The second-order valence-corrected chi connectivity index (χ2v) is 52.6. The molecule has 0 unspecified atom stereocenters. The number of halogens is 1. The van der Waals surface area contributed by atoms with Gasteiger partial charge in [0, 0.05) is 47.9 Å². The summed E-state index contributed by atoms with van der Waals surface area (Å²) < 4.78 is 35.3. The van der Waals surface area contributed by atoms with Crippen molar-refractivity contribution < 1.29 is 58.2 Å². The summed E-state index contributed by atoms with van der Waals surface area (Å²) in [6.45, 7) is 30.7. The number of Topliss-reactive ketones (excluding diaryl/α,β-unsaturated/α-hetero) is 4. The van der Waals surface area contributed by atoms with Crippen LogP contribution in [0.5, 0.6) is 17.2 Å². The molecule has 4 N–H and O–H groups in total. The Morgan fingerprint density at radius 1 is 0.314 bits per heavy atom. The Balaban J connectivity index is 0.000000111. The molecule has 16 fully saturated rings. The van der Waals surface area contributed by atoms with Crippen LogP contribution < -0.4 is 14.2 Å². The van der Waals surface area contributed by atoms with E-state index in [4.69, 9.17) is 14.2 Å². The number of aliphatic hydroxyl groups is 4. The highest BCUT2D eigenvalue weighted by Crippen LogP contribution is 2.74. The van der Waals surface area contributed by atoms with E-state index in [0.717, 1.165) is 227 Å². The molecule has 0 bridgehead atoms. The first-order valence-electron chi connectivity index (χ1n) is 55.1. The van der Waals surface area contributed by atoms with Crippen molar-refractivity contribution in [3.63, 3.8) is 0 Å². The second kappa shape index (κ2) is 35.9. The number of ether oxygens (including phenoxy) is 3. The molecule has 0 aliphatic heterocycles. The van der Waals surface area contributed by atoms with Gasteiger partial charge in [0.2, 0.25) is 0 Å². The minimum atomic E-state index is -0.502. The van der Waals surface area contributed by atoms with E-state index in [0.29, 0.717) is 122 Å². The van der Waals surface area contributed by atoms with Crippen LogP contribution in [-0.4, -0.2) is 147 Å². The molecule has 32 atom stereocenters. The summed E-state index contributed by atoms with van der Waals surface area (Å²) in [5.74, 6) is 14.5. The number of benzene rings is 4. The smallest absolute Gasteiger partial charge is 0.159 e. The summed E-state index contributed by atoms with van der Waals surface area (Å²) in [4.78, 5) is 56.4. The second-order valence-electron chi connectivity index (χ2n) is 52.6. The first-order valence-corrected chi connectivity index (χ1v) is 55.1. The summed E-state index contributed by atoms with van der Waals surface area (Å²) in [5, 5.41) is 77.7. The van der Waals surface area contributed by atoms with Crippen molar-refractivity contribution in [1.29, 1.82) is 0 Å². The molecule has 0 saturated heterocycles. The number of hydrogen-bond donors (Lipinski definition) is 4. The molecule has 16 aliphatic carbocycles. The van der Waals surface area contributed by atoms with E-state index in [1.807, 2.05) is 82.3 Å². The molecule has 0 radical (unpaired) electrons. The summed E-state index contributed by atoms with van der Waals surface area (Å²) >= 11 is 0. The van der Waals surface area contributed by atoms with E-state index >= 15 is 0 Å². The molecule has 16 saturated carbocycles. The topological polar surface area (TPSA) is 300 Å². The standard InChI is InChI=1S/C29H40FN3O2.3C29H41N3O3/c1-17-13-24-25(14-23(17)30)33(32-31-24)16-26(34)22-8-7-20-19-6-5-18-15-27(2,35)11-12-28(18,3)21(19)9-10-29(20,22)4;1-27(34)13-14-28(2)18(16-27)5-7-20-21-8-9-23(29(21,3)12-11-22(20)28)26(33)17-32-25-10-6-19(35-4)15-24(25)30-31-32;1-27(34)13-14-28(2)18(16-27)5-7-20-21-8-9-23(29(21,3)12-11-22(20)28)26(33)17-32-25-15-19(35-4)6-10-24(25)30-31-32;1-27(34)13-14-28(2)18(16-27)5-7-20-21-8-9-23(29(21,3)12-11-22(20)28)26(33)17-32-30-24-10-6-19(35-4)15-25(24)31-32/h13-14,18-22,35H,5-12,15-16H2,1-4H3;3*6,10,15,18,20-23,34H,5,7-9,11-14,16-17H2,1-4H3/t18-,19-,20-,21-,22+,27+,28-,29-;3*18-,20-,21-,22-,23+,27+,28-,29-/m0000/s1. The van der Waals surface area contributed by atoms with Crippen LogP contribution in [-0.2, 0) is 45.4 Å². The average molecular weight is 1920 g/mol. The highest BCUT2D eigenvalue weighted by atomic mass is 19.1. The molecule has 4 aromatic carbocycles. The predicted octanol–water partition coefficient (Wildman–Crippen LogP) is 22.1. The highest BCUT2D eigenvalue weighted by Gasteiger charge is 2.68.